The van der Waals surface area contributed by atoms with Gasteiger partial charge in [-0.1, -0.05) is 13.8 Å². The summed E-state index contributed by atoms with van der Waals surface area (Å²) in [7, 11) is 0. The molecule has 2 aromatic heterocycles. The summed E-state index contributed by atoms with van der Waals surface area (Å²) in [6.45, 7) is 6.61. The lowest BCUT2D eigenvalue weighted by Gasteiger charge is -2.25. The third kappa shape index (κ3) is 2.58. The average molecular weight is 299 g/mol. The highest BCUT2D eigenvalue weighted by Crippen LogP contribution is 2.40. The lowest BCUT2D eigenvalue weighted by molar-refractivity contribution is 0.477. The van der Waals surface area contributed by atoms with Crippen LogP contribution in [0.5, 0.6) is 0 Å². The van der Waals surface area contributed by atoms with E-state index in [-0.39, 0.29) is 0 Å². The fraction of sp³-hybridized carbons (Fsp3) is 0.647. The molecule has 0 spiro atoms. The number of rotatable bonds is 4. The van der Waals surface area contributed by atoms with Gasteiger partial charge in [-0.3, -0.25) is 0 Å². The molecule has 1 saturated carbocycles. The van der Waals surface area contributed by atoms with Gasteiger partial charge >= 0.3 is 0 Å². The van der Waals surface area contributed by atoms with Crippen molar-refractivity contribution in [2.75, 3.05) is 18.4 Å². The van der Waals surface area contributed by atoms with Crippen LogP contribution in [0.3, 0.4) is 0 Å². The summed E-state index contributed by atoms with van der Waals surface area (Å²) in [6.07, 6.45) is 6.88. The van der Waals surface area contributed by atoms with Gasteiger partial charge in [0.1, 0.15) is 5.82 Å². The topological polar surface area (TPSA) is 54.2 Å². The monoisotopic (exact) mass is 299 g/mol. The Morgan fingerprint density at radius 2 is 2.00 bits per heavy atom. The molecule has 0 atom stereocenters. The van der Waals surface area contributed by atoms with Gasteiger partial charge in [0, 0.05) is 29.3 Å². The molecule has 1 aliphatic heterocycles. The standard InChI is InChI=1S/C17H25N5/c1-11(2)14-10-19-22-16(20-13-5-7-18-8-6-13)9-15(12-3-4-12)21-17(14)22/h9-13,18,20H,3-8H2,1-2H3. The number of piperidine rings is 1. The number of nitrogens with zero attached hydrogens (tertiary/aromatic N) is 3. The first kappa shape index (κ1) is 14.0. The van der Waals surface area contributed by atoms with E-state index < -0.39 is 0 Å². The SMILES string of the molecule is CC(C)c1cnn2c(NC3CCNCC3)cc(C3CC3)nc12. The summed E-state index contributed by atoms with van der Waals surface area (Å²) in [6, 6.07) is 2.76. The second kappa shape index (κ2) is 5.54. The van der Waals surface area contributed by atoms with Crippen molar-refractivity contribution in [1.29, 1.82) is 0 Å². The van der Waals surface area contributed by atoms with E-state index in [4.69, 9.17) is 4.98 Å². The van der Waals surface area contributed by atoms with E-state index in [1.165, 1.54) is 36.9 Å². The zero-order valence-corrected chi connectivity index (χ0v) is 13.5. The highest BCUT2D eigenvalue weighted by molar-refractivity contribution is 5.56. The number of hydrogen-bond donors (Lipinski definition) is 2. The second-order valence-electron chi connectivity index (χ2n) is 7.00. The molecule has 0 bridgehead atoms. The second-order valence-corrected chi connectivity index (χ2v) is 7.00. The molecular formula is C17H25N5. The fourth-order valence-corrected chi connectivity index (χ4v) is 3.27. The van der Waals surface area contributed by atoms with Crippen molar-refractivity contribution in [3.63, 3.8) is 0 Å². The molecule has 0 radical (unpaired) electrons. The zero-order chi connectivity index (χ0) is 15.1. The molecule has 2 fully saturated rings. The normalized spacial score (nSPS) is 20.0. The molecule has 118 valence electrons. The molecule has 3 heterocycles. The van der Waals surface area contributed by atoms with Crippen LogP contribution in [0.4, 0.5) is 5.82 Å². The molecule has 5 heteroatoms. The number of fused-ring (bicyclic) bond motifs is 1. The van der Waals surface area contributed by atoms with E-state index >= 15 is 0 Å². The van der Waals surface area contributed by atoms with Gasteiger partial charge in [0.25, 0.3) is 0 Å². The van der Waals surface area contributed by atoms with E-state index in [0.29, 0.717) is 17.9 Å². The van der Waals surface area contributed by atoms with E-state index in [1.54, 1.807) is 0 Å². The first-order valence-electron chi connectivity index (χ1n) is 8.58. The maximum atomic E-state index is 4.92. The fourth-order valence-electron chi connectivity index (χ4n) is 3.27. The van der Waals surface area contributed by atoms with Crippen LogP contribution in [0.1, 0.15) is 62.6 Å². The maximum Gasteiger partial charge on any atom is 0.161 e. The van der Waals surface area contributed by atoms with Gasteiger partial charge in [-0.25, -0.2) is 4.98 Å². The van der Waals surface area contributed by atoms with Crippen molar-refractivity contribution in [1.82, 2.24) is 19.9 Å². The summed E-state index contributed by atoms with van der Waals surface area (Å²) >= 11 is 0. The van der Waals surface area contributed by atoms with Crippen LogP contribution in [-0.2, 0) is 0 Å². The van der Waals surface area contributed by atoms with E-state index in [2.05, 4.69) is 35.6 Å². The van der Waals surface area contributed by atoms with E-state index in [0.717, 1.165) is 24.6 Å². The molecule has 5 nitrogen and oxygen atoms in total. The molecule has 0 aromatic carbocycles. The number of aromatic nitrogens is 3. The molecule has 0 amide bonds. The van der Waals surface area contributed by atoms with Gasteiger partial charge in [-0.15, -0.1) is 0 Å². The molecule has 2 aliphatic rings. The Labute approximate surface area is 131 Å². The van der Waals surface area contributed by atoms with Crippen LogP contribution >= 0.6 is 0 Å². The van der Waals surface area contributed by atoms with Crippen molar-refractivity contribution in [3.05, 3.63) is 23.5 Å². The smallest absolute Gasteiger partial charge is 0.161 e. The van der Waals surface area contributed by atoms with Gasteiger partial charge in [-0.2, -0.15) is 9.61 Å². The Morgan fingerprint density at radius 1 is 1.23 bits per heavy atom. The van der Waals surface area contributed by atoms with Crippen LogP contribution in [-0.4, -0.2) is 33.7 Å². The first-order chi connectivity index (χ1) is 10.7. The predicted octanol–water partition coefficient (Wildman–Crippen LogP) is 2.89. The average Bonchev–Trinajstić information content (AvgIpc) is 3.27. The Morgan fingerprint density at radius 3 is 2.68 bits per heavy atom. The minimum absolute atomic E-state index is 0.450. The van der Waals surface area contributed by atoms with Crippen LogP contribution in [0, 0.1) is 0 Å². The van der Waals surface area contributed by atoms with Gasteiger partial charge in [0.2, 0.25) is 0 Å². The third-order valence-electron chi connectivity index (χ3n) is 4.83. The molecule has 0 unspecified atom stereocenters. The number of hydrogen-bond acceptors (Lipinski definition) is 4. The summed E-state index contributed by atoms with van der Waals surface area (Å²) < 4.78 is 2.00. The Bertz CT molecular complexity index is 665. The number of anilines is 1. The Balaban J connectivity index is 1.74. The minimum Gasteiger partial charge on any atom is -0.367 e. The molecular weight excluding hydrogens is 274 g/mol. The molecule has 2 aromatic rings. The van der Waals surface area contributed by atoms with E-state index in [9.17, 15) is 0 Å². The molecule has 1 aliphatic carbocycles. The predicted molar refractivity (Wildman–Crippen MR) is 88.6 cm³/mol. The minimum atomic E-state index is 0.450. The summed E-state index contributed by atoms with van der Waals surface area (Å²) in [5.41, 5.74) is 3.53. The maximum absolute atomic E-state index is 4.92. The van der Waals surface area contributed by atoms with E-state index in [1.807, 2.05) is 10.7 Å². The van der Waals surface area contributed by atoms with Crippen molar-refractivity contribution < 1.29 is 0 Å². The molecule has 22 heavy (non-hydrogen) atoms. The molecule has 1 saturated heterocycles. The van der Waals surface area contributed by atoms with Crippen LogP contribution in [0.25, 0.3) is 5.65 Å². The zero-order valence-electron chi connectivity index (χ0n) is 13.5. The lowest BCUT2D eigenvalue weighted by atomic mass is 10.1. The largest absolute Gasteiger partial charge is 0.367 e. The highest BCUT2D eigenvalue weighted by Gasteiger charge is 2.27. The van der Waals surface area contributed by atoms with Crippen LogP contribution in [0.15, 0.2) is 12.3 Å². The van der Waals surface area contributed by atoms with Crippen molar-refractivity contribution >= 4 is 11.5 Å². The molecule has 4 rings (SSSR count). The van der Waals surface area contributed by atoms with Crippen molar-refractivity contribution in [2.24, 2.45) is 0 Å². The quantitative estimate of drug-likeness (QED) is 0.911. The van der Waals surface area contributed by atoms with Gasteiger partial charge in [0.15, 0.2) is 5.65 Å². The van der Waals surface area contributed by atoms with Gasteiger partial charge in [0.05, 0.1) is 6.20 Å². The van der Waals surface area contributed by atoms with Crippen molar-refractivity contribution in [2.45, 2.75) is 57.4 Å². The molecule has 2 N–H and O–H groups in total. The summed E-state index contributed by atoms with van der Waals surface area (Å²) in [4.78, 5) is 4.92. The summed E-state index contributed by atoms with van der Waals surface area (Å²) in [5, 5.41) is 11.7. The Kier molecular flexibility index (Phi) is 3.53. The highest BCUT2D eigenvalue weighted by atomic mass is 15.3. The third-order valence-corrected chi connectivity index (χ3v) is 4.83. The van der Waals surface area contributed by atoms with Crippen LogP contribution in [0.2, 0.25) is 0 Å². The van der Waals surface area contributed by atoms with Crippen molar-refractivity contribution in [3.8, 4) is 0 Å². The Hall–Kier alpha value is -1.62. The summed E-state index contributed by atoms with van der Waals surface area (Å²) in [5.74, 6) is 2.23. The van der Waals surface area contributed by atoms with Gasteiger partial charge in [-0.05, 0) is 44.7 Å². The lowest BCUT2D eigenvalue weighted by Crippen LogP contribution is -2.35. The first-order valence-corrected chi connectivity index (χ1v) is 8.58. The van der Waals surface area contributed by atoms with Gasteiger partial charge < -0.3 is 10.6 Å². The van der Waals surface area contributed by atoms with Crippen LogP contribution < -0.4 is 10.6 Å². The number of nitrogens with one attached hydrogen (secondary N) is 2.